The van der Waals surface area contributed by atoms with Gasteiger partial charge < -0.3 is 10.1 Å². The van der Waals surface area contributed by atoms with E-state index in [-0.39, 0.29) is 17.7 Å². The largest absolute Gasteiger partial charge is 0.435 e. The fourth-order valence-electron chi connectivity index (χ4n) is 3.04. The molecule has 0 saturated carbocycles. The highest BCUT2D eigenvalue weighted by atomic mass is 19.3. The predicted octanol–water partition coefficient (Wildman–Crippen LogP) is 3.83. The molecule has 1 atom stereocenters. The molecule has 28 heavy (non-hydrogen) atoms. The molecule has 150 valence electrons. The van der Waals surface area contributed by atoms with Crippen molar-refractivity contribution < 1.29 is 18.3 Å². The molecule has 1 amide bonds. The number of aromatic nitrogens is 2. The lowest BCUT2D eigenvalue weighted by molar-refractivity contribution is -0.121. The number of nitrogens with zero attached hydrogens (tertiary/aromatic N) is 3. The first-order valence-corrected chi connectivity index (χ1v) is 9.05. The molecule has 8 heteroatoms. The molecule has 0 aliphatic rings. The van der Waals surface area contributed by atoms with Crippen molar-refractivity contribution in [1.82, 2.24) is 15.1 Å². The summed E-state index contributed by atoms with van der Waals surface area (Å²) < 4.78 is 30.5. The van der Waals surface area contributed by atoms with Crippen LogP contribution < -0.4 is 10.1 Å². The van der Waals surface area contributed by atoms with Crippen molar-refractivity contribution in [2.75, 3.05) is 0 Å². The first-order chi connectivity index (χ1) is 13.3. The number of hydrogen-bond acceptors (Lipinski definition) is 4. The molecule has 0 bridgehead atoms. The van der Waals surface area contributed by atoms with Crippen LogP contribution in [-0.2, 0) is 17.8 Å². The second-order valence-electron chi connectivity index (χ2n) is 6.52. The maximum absolute atomic E-state index is 12.3. The van der Waals surface area contributed by atoms with E-state index in [1.54, 1.807) is 16.8 Å². The van der Waals surface area contributed by atoms with Gasteiger partial charge in [-0.2, -0.15) is 19.1 Å². The van der Waals surface area contributed by atoms with Gasteiger partial charge in [-0.15, -0.1) is 0 Å². The van der Waals surface area contributed by atoms with Gasteiger partial charge in [-0.3, -0.25) is 9.48 Å². The predicted molar refractivity (Wildman–Crippen MR) is 99.9 cm³/mol. The summed E-state index contributed by atoms with van der Waals surface area (Å²) in [5, 5.41) is 16.1. The molecule has 0 spiro atoms. The van der Waals surface area contributed by atoms with Gasteiger partial charge in [0.15, 0.2) is 0 Å². The van der Waals surface area contributed by atoms with Crippen molar-refractivity contribution in [2.24, 2.45) is 0 Å². The number of rotatable bonds is 9. The average molecular weight is 390 g/mol. The summed E-state index contributed by atoms with van der Waals surface area (Å²) in [5.74, 6) is -0.0272. The summed E-state index contributed by atoms with van der Waals surface area (Å²) in [5.41, 5.74) is 3.66. The lowest BCUT2D eigenvalue weighted by Gasteiger charge is -2.15. The second-order valence-corrected chi connectivity index (χ2v) is 6.52. The third kappa shape index (κ3) is 5.78. The Morgan fingerprint density at radius 3 is 2.61 bits per heavy atom. The van der Waals surface area contributed by atoms with Crippen LogP contribution in [0.15, 0.2) is 24.3 Å². The number of ether oxygens (including phenoxy) is 1. The van der Waals surface area contributed by atoms with Crippen molar-refractivity contribution in [3.63, 3.8) is 0 Å². The zero-order chi connectivity index (χ0) is 20.7. The van der Waals surface area contributed by atoms with Crippen LogP contribution in [0, 0.1) is 25.2 Å². The molecule has 0 saturated heterocycles. The standard InChI is InChI=1S/C20H24F2N4O2/c1-13(16-5-7-17(8-6-16)28-20(21)22)24-19(27)10-9-18-14(2)25-26(15(18)3)12-4-11-23/h5-8,13,20H,4,9-10,12H2,1-3H3,(H,24,27). The van der Waals surface area contributed by atoms with Gasteiger partial charge in [0.25, 0.3) is 0 Å². The van der Waals surface area contributed by atoms with Gasteiger partial charge in [-0.1, -0.05) is 12.1 Å². The minimum Gasteiger partial charge on any atom is -0.435 e. The first kappa shape index (κ1) is 21.4. The van der Waals surface area contributed by atoms with E-state index in [2.05, 4.69) is 21.2 Å². The van der Waals surface area contributed by atoms with Gasteiger partial charge in [-0.25, -0.2) is 0 Å². The molecule has 2 aromatic rings. The molecular formula is C20H24F2N4O2. The number of hydrogen-bond donors (Lipinski definition) is 1. The van der Waals surface area contributed by atoms with E-state index in [4.69, 9.17) is 5.26 Å². The monoisotopic (exact) mass is 390 g/mol. The molecule has 0 aliphatic heterocycles. The third-order valence-electron chi connectivity index (χ3n) is 4.55. The van der Waals surface area contributed by atoms with Gasteiger partial charge in [0, 0.05) is 12.1 Å². The number of nitriles is 1. The minimum absolute atomic E-state index is 0.0802. The Hall–Kier alpha value is -2.95. The Labute approximate surface area is 163 Å². The molecule has 0 radical (unpaired) electrons. The molecule has 6 nitrogen and oxygen atoms in total. The fraction of sp³-hybridized carbons (Fsp3) is 0.450. The minimum atomic E-state index is -2.86. The van der Waals surface area contributed by atoms with Crippen molar-refractivity contribution in [3.8, 4) is 11.8 Å². The fourth-order valence-corrected chi connectivity index (χ4v) is 3.04. The molecule has 1 aromatic carbocycles. The molecule has 1 N–H and O–H groups in total. The number of carbonyl (C=O) groups is 1. The van der Waals surface area contributed by atoms with Crippen LogP contribution in [-0.4, -0.2) is 22.3 Å². The maximum atomic E-state index is 12.3. The van der Waals surface area contributed by atoms with E-state index in [0.29, 0.717) is 25.8 Å². The number of carbonyl (C=O) groups excluding carboxylic acids is 1. The van der Waals surface area contributed by atoms with E-state index in [0.717, 1.165) is 22.5 Å². The summed E-state index contributed by atoms with van der Waals surface area (Å²) in [4.78, 5) is 12.3. The summed E-state index contributed by atoms with van der Waals surface area (Å²) in [6.45, 7) is 3.35. The van der Waals surface area contributed by atoms with E-state index < -0.39 is 6.61 Å². The van der Waals surface area contributed by atoms with E-state index >= 15 is 0 Å². The molecular weight excluding hydrogens is 366 g/mol. The number of halogens is 2. The highest BCUT2D eigenvalue weighted by Crippen LogP contribution is 2.20. The Balaban J connectivity index is 1.90. The van der Waals surface area contributed by atoms with Gasteiger partial charge in [0.2, 0.25) is 5.91 Å². The Morgan fingerprint density at radius 1 is 1.32 bits per heavy atom. The SMILES string of the molecule is Cc1nn(CCC#N)c(C)c1CCC(=O)NC(C)c1ccc(OC(F)F)cc1. The lowest BCUT2D eigenvalue weighted by atomic mass is 10.1. The molecule has 0 aliphatic carbocycles. The van der Waals surface area contributed by atoms with Crippen LogP contribution in [0.2, 0.25) is 0 Å². The summed E-state index contributed by atoms with van der Waals surface area (Å²) >= 11 is 0. The molecule has 1 unspecified atom stereocenters. The van der Waals surface area contributed by atoms with Gasteiger partial charge in [0.05, 0.1) is 30.8 Å². The normalized spacial score (nSPS) is 11.9. The van der Waals surface area contributed by atoms with E-state index in [1.165, 1.54) is 12.1 Å². The Kier molecular flexibility index (Phi) is 7.50. The highest BCUT2D eigenvalue weighted by Gasteiger charge is 2.15. The summed E-state index contributed by atoms with van der Waals surface area (Å²) in [6.07, 6.45) is 1.26. The lowest BCUT2D eigenvalue weighted by Crippen LogP contribution is -2.26. The number of nitrogens with one attached hydrogen (secondary N) is 1. The number of alkyl halides is 2. The second kappa shape index (κ2) is 9.83. The number of benzene rings is 1. The maximum Gasteiger partial charge on any atom is 0.387 e. The molecule has 1 aromatic heterocycles. The average Bonchev–Trinajstić information content (AvgIpc) is 2.91. The van der Waals surface area contributed by atoms with Gasteiger partial charge >= 0.3 is 6.61 Å². The van der Waals surface area contributed by atoms with Gasteiger partial charge in [0.1, 0.15) is 5.75 Å². The van der Waals surface area contributed by atoms with Crippen LogP contribution >= 0.6 is 0 Å². The molecule has 2 rings (SSSR count). The van der Waals surface area contributed by atoms with Crippen molar-refractivity contribution in [1.29, 1.82) is 5.26 Å². The van der Waals surface area contributed by atoms with Crippen LogP contribution in [0.25, 0.3) is 0 Å². The zero-order valence-electron chi connectivity index (χ0n) is 16.2. The number of amides is 1. The van der Waals surface area contributed by atoms with Crippen LogP contribution in [0.1, 0.15) is 48.3 Å². The van der Waals surface area contributed by atoms with Gasteiger partial charge in [-0.05, 0) is 50.5 Å². The topological polar surface area (TPSA) is 79.9 Å². The van der Waals surface area contributed by atoms with E-state index in [9.17, 15) is 13.6 Å². The Bertz CT molecular complexity index is 841. The van der Waals surface area contributed by atoms with Crippen LogP contribution in [0.4, 0.5) is 8.78 Å². The van der Waals surface area contributed by atoms with Crippen LogP contribution in [0.5, 0.6) is 5.75 Å². The quantitative estimate of drug-likeness (QED) is 0.706. The van der Waals surface area contributed by atoms with Crippen molar-refractivity contribution in [2.45, 2.75) is 59.2 Å². The number of aryl methyl sites for hydroxylation is 2. The third-order valence-corrected chi connectivity index (χ3v) is 4.55. The van der Waals surface area contributed by atoms with E-state index in [1.807, 2.05) is 20.8 Å². The van der Waals surface area contributed by atoms with Crippen molar-refractivity contribution in [3.05, 3.63) is 46.8 Å². The highest BCUT2D eigenvalue weighted by molar-refractivity contribution is 5.76. The summed E-state index contributed by atoms with van der Waals surface area (Å²) in [7, 11) is 0. The Morgan fingerprint density at radius 2 is 2.00 bits per heavy atom. The molecule has 1 heterocycles. The first-order valence-electron chi connectivity index (χ1n) is 9.05. The zero-order valence-corrected chi connectivity index (χ0v) is 16.2. The molecule has 0 fully saturated rings. The van der Waals surface area contributed by atoms with Crippen LogP contribution in [0.3, 0.4) is 0 Å². The summed E-state index contributed by atoms with van der Waals surface area (Å²) in [6, 6.07) is 8.05. The smallest absolute Gasteiger partial charge is 0.387 e. The van der Waals surface area contributed by atoms with Crippen molar-refractivity contribution >= 4 is 5.91 Å².